The van der Waals surface area contributed by atoms with Gasteiger partial charge in [-0.1, -0.05) is 36.8 Å². The van der Waals surface area contributed by atoms with Gasteiger partial charge in [-0.3, -0.25) is 0 Å². The normalized spacial score (nSPS) is 11.1. The van der Waals surface area contributed by atoms with Crippen LogP contribution in [0.1, 0.15) is 58.2 Å². The Morgan fingerprint density at radius 3 is 2.63 bits per heavy atom. The standard InChI is InChI=1S/C22H32N2O2S/c1-5-11-27-12-7-10-23-14-20-17(3)24(18(4)21(20)22(25)26)15-19-9-6-8-16(2)13-19/h6,8-9,13,23H,5,7,10-12,14-15H2,1-4H3,(H,25,26). The first-order chi connectivity index (χ1) is 13.0. The summed E-state index contributed by atoms with van der Waals surface area (Å²) in [6.45, 7) is 10.4. The molecular formula is C22H32N2O2S. The first-order valence-corrected chi connectivity index (χ1v) is 10.9. The molecule has 0 aliphatic carbocycles. The minimum Gasteiger partial charge on any atom is -0.478 e. The molecule has 27 heavy (non-hydrogen) atoms. The Hall–Kier alpha value is -1.72. The van der Waals surface area contributed by atoms with Crippen LogP contribution in [0.2, 0.25) is 0 Å². The highest BCUT2D eigenvalue weighted by molar-refractivity contribution is 7.99. The zero-order valence-corrected chi connectivity index (χ0v) is 17.8. The van der Waals surface area contributed by atoms with Crippen molar-refractivity contribution in [1.29, 1.82) is 0 Å². The van der Waals surface area contributed by atoms with Gasteiger partial charge in [0.2, 0.25) is 0 Å². The summed E-state index contributed by atoms with van der Waals surface area (Å²) in [6.07, 6.45) is 2.32. The second kappa shape index (κ2) is 10.6. The maximum absolute atomic E-state index is 11.9. The van der Waals surface area contributed by atoms with Gasteiger partial charge >= 0.3 is 5.97 Å². The molecule has 0 unspecified atom stereocenters. The van der Waals surface area contributed by atoms with Crippen LogP contribution in [-0.4, -0.2) is 33.7 Å². The van der Waals surface area contributed by atoms with Crippen molar-refractivity contribution in [2.75, 3.05) is 18.1 Å². The van der Waals surface area contributed by atoms with Gasteiger partial charge in [0.1, 0.15) is 0 Å². The summed E-state index contributed by atoms with van der Waals surface area (Å²) >= 11 is 1.98. The molecule has 0 saturated carbocycles. The number of carbonyl (C=O) groups is 1. The average molecular weight is 389 g/mol. The van der Waals surface area contributed by atoms with E-state index >= 15 is 0 Å². The largest absolute Gasteiger partial charge is 0.478 e. The monoisotopic (exact) mass is 388 g/mol. The SMILES string of the molecule is CCCSCCCNCc1c(C(=O)O)c(C)n(Cc2cccc(C)c2)c1C. The van der Waals surface area contributed by atoms with Crippen molar-refractivity contribution in [3.05, 3.63) is 57.9 Å². The van der Waals surface area contributed by atoms with Crippen molar-refractivity contribution in [1.82, 2.24) is 9.88 Å². The van der Waals surface area contributed by atoms with Crippen LogP contribution in [0.5, 0.6) is 0 Å². The van der Waals surface area contributed by atoms with Gasteiger partial charge < -0.3 is 15.0 Å². The summed E-state index contributed by atoms with van der Waals surface area (Å²) in [7, 11) is 0. The van der Waals surface area contributed by atoms with Gasteiger partial charge in [-0.25, -0.2) is 4.79 Å². The highest BCUT2D eigenvalue weighted by Crippen LogP contribution is 2.24. The van der Waals surface area contributed by atoms with Crippen molar-refractivity contribution in [3.63, 3.8) is 0 Å². The van der Waals surface area contributed by atoms with E-state index < -0.39 is 5.97 Å². The Morgan fingerprint density at radius 2 is 1.96 bits per heavy atom. The summed E-state index contributed by atoms with van der Waals surface area (Å²) in [6, 6.07) is 8.38. The molecule has 5 heteroatoms. The Balaban J connectivity index is 2.11. The number of aromatic carboxylic acids is 1. The molecule has 2 aromatic rings. The molecule has 0 bridgehead atoms. The average Bonchev–Trinajstić information content (AvgIpc) is 2.85. The molecular weight excluding hydrogens is 356 g/mol. The van der Waals surface area contributed by atoms with Crippen molar-refractivity contribution < 1.29 is 9.90 Å². The number of nitrogens with zero attached hydrogens (tertiary/aromatic N) is 1. The van der Waals surface area contributed by atoms with Gasteiger partial charge in [-0.05, 0) is 57.2 Å². The highest BCUT2D eigenvalue weighted by Gasteiger charge is 2.22. The first kappa shape index (κ1) is 21.6. The van der Waals surface area contributed by atoms with Crippen molar-refractivity contribution in [3.8, 4) is 0 Å². The number of nitrogens with one attached hydrogen (secondary N) is 1. The van der Waals surface area contributed by atoms with E-state index in [9.17, 15) is 9.90 Å². The molecule has 0 aliphatic rings. The lowest BCUT2D eigenvalue weighted by atomic mass is 10.1. The van der Waals surface area contributed by atoms with Gasteiger partial charge in [-0.15, -0.1) is 0 Å². The van der Waals surface area contributed by atoms with Gasteiger partial charge in [-0.2, -0.15) is 11.8 Å². The Kier molecular flexibility index (Phi) is 8.45. The number of aryl methyl sites for hydroxylation is 1. The molecule has 2 N–H and O–H groups in total. The molecule has 1 aromatic heterocycles. The summed E-state index contributed by atoms with van der Waals surface area (Å²) in [5.41, 5.74) is 5.65. The lowest BCUT2D eigenvalue weighted by Gasteiger charge is -2.11. The Bertz CT molecular complexity index is 768. The van der Waals surface area contributed by atoms with Crippen LogP contribution in [0.4, 0.5) is 0 Å². The lowest BCUT2D eigenvalue weighted by molar-refractivity contribution is 0.0694. The minimum atomic E-state index is -0.839. The topological polar surface area (TPSA) is 54.3 Å². The smallest absolute Gasteiger partial charge is 0.337 e. The van der Waals surface area contributed by atoms with E-state index in [2.05, 4.69) is 48.0 Å². The van der Waals surface area contributed by atoms with Gasteiger partial charge in [0.15, 0.2) is 0 Å². The van der Waals surface area contributed by atoms with Gasteiger partial charge in [0.25, 0.3) is 0 Å². The molecule has 1 heterocycles. The van der Waals surface area contributed by atoms with E-state index in [-0.39, 0.29) is 0 Å². The van der Waals surface area contributed by atoms with Crippen LogP contribution in [0.25, 0.3) is 0 Å². The molecule has 0 aliphatic heterocycles. The number of aromatic nitrogens is 1. The first-order valence-electron chi connectivity index (χ1n) is 9.71. The quantitative estimate of drug-likeness (QED) is 0.544. The summed E-state index contributed by atoms with van der Waals surface area (Å²) in [4.78, 5) is 11.9. The molecule has 2 rings (SSSR count). The number of thioether (sulfide) groups is 1. The fraction of sp³-hybridized carbons (Fsp3) is 0.500. The second-order valence-corrected chi connectivity index (χ2v) is 8.27. The van der Waals surface area contributed by atoms with E-state index in [1.807, 2.05) is 25.6 Å². The van der Waals surface area contributed by atoms with Crippen LogP contribution in [0.15, 0.2) is 24.3 Å². The molecule has 0 fully saturated rings. The van der Waals surface area contributed by atoms with E-state index in [1.165, 1.54) is 23.3 Å². The molecule has 0 spiro atoms. The van der Waals surface area contributed by atoms with Crippen molar-refractivity contribution in [2.45, 2.75) is 53.6 Å². The molecule has 4 nitrogen and oxygen atoms in total. The van der Waals surface area contributed by atoms with Crippen LogP contribution in [0, 0.1) is 20.8 Å². The number of hydrogen-bond donors (Lipinski definition) is 2. The van der Waals surface area contributed by atoms with Crippen LogP contribution in [-0.2, 0) is 13.1 Å². The zero-order chi connectivity index (χ0) is 19.8. The van der Waals surface area contributed by atoms with Crippen LogP contribution in [0.3, 0.4) is 0 Å². The molecule has 0 amide bonds. The third-order valence-electron chi connectivity index (χ3n) is 4.84. The number of carboxylic acids is 1. The predicted molar refractivity (Wildman–Crippen MR) is 115 cm³/mol. The number of hydrogen-bond acceptors (Lipinski definition) is 3. The molecule has 1 aromatic carbocycles. The molecule has 0 radical (unpaired) electrons. The van der Waals surface area contributed by atoms with Crippen molar-refractivity contribution >= 4 is 17.7 Å². The third-order valence-corrected chi connectivity index (χ3v) is 6.11. The fourth-order valence-corrected chi connectivity index (χ4v) is 4.28. The Morgan fingerprint density at radius 1 is 1.19 bits per heavy atom. The number of carboxylic acid groups (broad SMARTS) is 1. The number of rotatable bonds is 11. The molecule has 0 saturated heterocycles. The zero-order valence-electron chi connectivity index (χ0n) is 17.0. The maximum Gasteiger partial charge on any atom is 0.337 e. The second-order valence-electron chi connectivity index (χ2n) is 7.05. The lowest BCUT2D eigenvalue weighted by Crippen LogP contribution is -2.17. The summed E-state index contributed by atoms with van der Waals surface area (Å²) in [5, 5.41) is 13.2. The van der Waals surface area contributed by atoms with Gasteiger partial charge in [0, 0.05) is 30.0 Å². The third kappa shape index (κ3) is 5.88. The fourth-order valence-electron chi connectivity index (χ4n) is 3.44. The molecule has 148 valence electrons. The summed E-state index contributed by atoms with van der Waals surface area (Å²) in [5.74, 6) is 1.52. The van der Waals surface area contributed by atoms with Gasteiger partial charge in [0.05, 0.1) is 5.56 Å². The van der Waals surface area contributed by atoms with Crippen LogP contribution >= 0.6 is 11.8 Å². The van der Waals surface area contributed by atoms with E-state index in [1.54, 1.807) is 0 Å². The van der Waals surface area contributed by atoms with Crippen LogP contribution < -0.4 is 5.32 Å². The van der Waals surface area contributed by atoms with Crippen molar-refractivity contribution in [2.24, 2.45) is 0 Å². The highest BCUT2D eigenvalue weighted by atomic mass is 32.2. The predicted octanol–water partition coefficient (Wildman–Crippen LogP) is 4.78. The Labute approximate surface area is 167 Å². The minimum absolute atomic E-state index is 0.452. The maximum atomic E-state index is 11.9. The summed E-state index contributed by atoms with van der Waals surface area (Å²) < 4.78 is 2.13. The van der Waals surface area contributed by atoms with E-state index in [0.29, 0.717) is 18.7 Å². The van der Waals surface area contributed by atoms with E-state index in [0.717, 1.165) is 35.7 Å². The van der Waals surface area contributed by atoms with E-state index in [4.69, 9.17) is 0 Å². The number of benzene rings is 1. The molecule has 0 atom stereocenters.